The molecule has 7 nitrogen and oxygen atoms in total. The van der Waals surface area contributed by atoms with E-state index < -0.39 is 16.9 Å². The summed E-state index contributed by atoms with van der Waals surface area (Å²) in [4.78, 5) is 22.4. The zero-order valence-corrected chi connectivity index (χ0v) is 13.3. The number of nitro groups is 1. The third-order valence-electron chi connectivity index (χ3n) is 4.10. The molecule has 0 bridgehead atoms. The molecule has 0 heterocycles. The van der Waals surface area contributed by atoms with E-state index in [-0.39, 0.29) is 23.2 Å². The highest BCUT2D eigenvalue weighted by molar-refractivity contribution is 5.95. The SMILES string of the molecule is CC1CCCC(OC(C)C(=O)Nc2cc([N+](=O)[O-])ccc2O)C1. The summed E-state index contributed by atoms with van der Waals surface area (Å²) in [6.45, 7) is 3.81. The van der Waals surface area contributed by atoms with Gasteiger partial charge < -0.3 is 15.2 Å². The first kappa shape index (κ1) is 17.2. The van der Waals surface area contributed by atoms with Crippen LogP contribution in [0.3, 0.4) is 0 Å². The maximum atomic E-state index is 12.2. The molecule has 23 heavy (non-hydrogen) atoms. The molecule has 1 amide bonds. The Morgan fingerprint density at radius 1 is 1.48 bits per heavy atom. The van der Waals surface area contributed by atoms with Crippen molar-refractivity contribution in [2.45, 2.75) is 51.7 Å². The quantitative estimate of drug-likeness (QED) is 0.492. The lowest BCUT2D eigenvalue weighted by Crippen LogP contribution is -2.33. The fourth-order valence-electron chi connectivity index (χ4n) is 2.82. The molecule has 0 saturated heterocycles. The van der Waals surface area contributed by atoms with Gasteiger partial charge in [0, 0.05) is 12.1 Å². The van der Waals surface area contributed by atoms with Crippen molar-refractivity contribution >= 4 is 17.3 Å². The normalized spacial score (nSPS) is 22.3. The summed E-state index contributed by atoms with van der Waals surface area (Å²) in [6.07, 6.45) is 3.50. The lowest BCUT2D eigenvalue weighted by Gasteiger charge is -2.29. The van der Waals surface area contributed by atoms with E-state index in [1.807, 2.05) is 0 Å². The molecule has 1 saturated carbocycles. The molecule has 1 aromatic rings. The molecule has 0 spiro atoms. The maximum Gasteiger partial charge on any atom is 0.271 e. The molecule has 0 aromatic heterocycles. The van der Waals surface area contributed by atoms with E-state index in [0.717, 1.165) is 25.3 Å². The number of aromatic hydroxyl groups is 1. The predicted molar refractivity (Wildman–Crippen MR) is 85.4 cm³/mol. The molecule has 1 aliphatic carbocycles. The molecule has 126 valence electrons. The standard InChI is InChI=1S/C16H22N2O5/c1-10-4-3-5-13(8-10)23-11(2)16(20)17-14-9-12(18(21)22)6-7-15(14)19/h6-7,9-11,13,19H,3-5,8H2,1-2H3,(H,17,20). The number of nitrogens with one attached hydrogen (secondary N) is 1. The van der Waals surface area contributed by atoms with E-state index >= 15 is 0 Å². The molecule has 1 aromatic carbocycles. The van der Waals surface area contributed by atoms with E-state index in [4.69, 9.17) is 4.74 Å². The number of nitrogens with zero attached hydrogens (tertiary/aromatic N) is 1. The summed E-state index contributed by atoms with van der Waals surface area (Å²) in [5, 5.41) is 23.0. The van der Waals surface area contributed by atoms with Crippen molar-refractivity contribution < 1.29 is 19.6 Å². The number of phenols is 1. The van der Waals surface area contributed by atoms with Gasteiger partial charge in [-0.25, -0.2) is 0 Å². The lowest BCUT2D eigenvalue weighted by molar-refractivity contribution is -0.384. The van der Waals surface area contributed by atoms with Crippen molar-refractivity contribution in [1.29, 1.82) is 0 Å². The van der Waals surface area contributed by atoms with E-state index in [1.165, 1.54) is 18.6 Å². The van der Waals surface area contributed by atoms with Gasteiger partial charge in [-0.3, -0.25) is 14.9 Å². The summed E-state index contributed by atoms with van der Waals surface area (Å²) in [6, 6.07) is 3.49. The van der Waals surface area contributed by atoms with Crippen molar-refractivity contribution in [3.63, 3.8) is 0 Å². The van der Waals surface area contributed by atoms with Gasteiger partial charge in [0.05, 0.1) is 16.7 Å². The van der Waals surface area contributed by atoms with Gasteiger partial charge in [-0.2, -0.15) is 0 Å². The van der Waals surface area contributed by atoms with Crippen LogP contribution in [0.2, 0.25) is 0 Å². The van der Waals surface area contributed by atoms with Crippen LogP contribution >= 0.6 is 0 Å². The zero-order chi connectivity index (χ0) is 17.0. The van der Waals surface area contributed by atoms with Crippen LogP contribution in [0.25, 0.3) is 0 Å². The first-order valence-electron chi connectivity index (χ1n) is 7.80. The summed E-state index contributed by atoms with van der Waals surface area (Å²) >= 11 is 0. The fourth-order valence-corrected chi connectivity index (χ4v) is 2.82. The molecule has 7 heteroatoms. The topological polar surface area (TPSA) is 102 Å². The second-order valence-corrected chi connectivity index (χ2v) is 6.12. The minimum atomic E-state index is -0.691. The monoisotopic (exact) mass is 322 g/mol. The number of carbonyl (C=O) groups is 1. The Morgan fingerprint density at radius 2 is 2.22 bits per heavy atom. The van der Waals surface area contributed by atoms with Gasteiger partial charge in [0.15, 0.2) is 0 Å². The first-order chi connectivity index (χ1) is 10.9. The van der Waals surface area contributed by atoms with Crippen LogP contribution in [0.5, 0.6) is 5.75 Å². The molecular formula is C16H22N2O5. The van der Waals surface area contributed by atoms with E-state index in [9.17, 15) is 20.0 Å². The number of benzene rings is 1. The largest absolute Gasteiger partial charge is 0.506 e. The molecule has 0 radical (unpaired) electrons. The number of hydrogen-bond acceptors (Lipinski definition) is 5. The molecule has 1 fully saturated rings. The second kappa shape index (κ2) is 7.41. The third kappa shape index (κ3) is 4.66. The van der Waals surface area contributed by atoms with Crippen molar-refractivity contribution in [2.75, 3.05) is 5.32 Å². The highest BCUT2D eigenvalue weighted by Gasteiger charge is 2.24. The predicted octanol–water partition coefficient (Wildman–Crippen LogP) is 3.22. The number of phenolic OH excluding ortho intramolecular Hbond substituents is 1. The Balaban J connectivity index is 1.98. The number of anilines is 1. The van der Waals surface area contributed by atoms with Crippen molar-refractivity contribution in [3.05, 3.63) is 28.3 Å². The van der Waals surface area contributed by atoms with E-state index in [0.29, 0.717) is 5.92 Å². The highest BCUT2D eigenvalue weighted by Crippen LogP contribution is 2.29. The number of ether oxygens (including phenoxy) is 1. The average molecular weight is 322 g/mol. The molecule has 3 atom stereocenters. The van der Waals surface area contributed by atoms with Gasteiger partial charge >= 0.3 is 0 Å². The van der Waals surface area contributed by atoms with Crippen molar-refractivity contribution in [1.82, 2.24) is 0 Å². The van der Waals surface area contributed by atoms with Crippen LogP contribution in [0.4, 0.5) is 11.4 Å². The van der Waals surface area contributed by atoms with Crippen LogP contribution in [-0.2, 0) is 9.53 Å². The molecule has 3 unspecified atom stereocenters. The van der Waals surface area contributed by atoms with Gasteiger partial charge in [-0.1, -0.05) is 19.8 Å². The maximum absolute atomic E-state index is 12.2. The Hall–Kier alpha value is -2.15. The number of hydrogen-bond donors (Lipinski definition) is 2. The molecule has 2 rings (SSSR count). The number of non-ortho nitro benzene ring substituents is 1. The van der Waals surface area contributed by atoms with E-state index in [1.54, 1.807) is 6.92 Å². The molecule has 0 aliphatic heterocycles. The smallest absolute Gasteiger partial charge is 0.271 e. The van der Waals surface area contributed by atoms with Crippen LogP contribution < -0.4 is 5.32 Å². The second-order valence-electron chi connectivity index (χ2n) is 6.12. The Kier molecular flexibility index (Phi) is 5.54. The molecule has 1 aliphatic rings. The van der Waals surface area contributed by atoms with Gasteiger partial charge in [0.25, 0.3) is 11.6 Å². The van der Waals surface area contributed by atoms with Gasteiger partial charge in [0.2, 0.25) is 0 Å². The lowest BCUT2D eigenvalue weighted by atomic mass is 9.88. The number of nitro benzene ring substituents is 1. The summed E-state index contributed by atoms with van der Waals surface area (Å²) in [5.74, 6) is -0.0636. The summed E-state index contributed by atoms with van der Waals surface area (Å²) in [5.41, 5.74) is -0.190. The Morgan fingerprint density at radius 3 is 2.87 bits per heavy atom. The number of rotatable bonds is 5. The van der Waals surface area contributed by atoms with Gasteiger partial charge in [0.1, 0.15) is 11.9 Å². The van der Waals surface area contributed by atoms with E-state index in [2.05, 4.69) is 12.2 Å². The third-order valence-corrected chi connectivity index (χ3v) is 4.10. The number of amides is 1. The summed E-state index contributed by atoms with van der Waals surface area (Å²) in [7, 11) is 0. The Bertz CT molecular complexity index is 590. The van der Waals surface area contributed by atoms with Crippen LogP contribution in [0.1, 0.15) is 39.5 Å². The minimum absolute atomic E-state index is 0.0108. The minimum Gasteiger partial charge on any atom is -0.506 e. The summed E-state index contributed by atoms with van der Waals surface area (Å²) < 4.78 is 5.79. The first-order valence-corrected chi connectivity index (χ1v) is 7.80. The highest BCUT2D eigenvalue weighted by atomic mass is 16.6. The van der Waals surface area contributed by atoms with Crippen molar-refractivity contribution in [2.24, 2.45) is 5.92 Å². The zero-order valence-electron chi connectivity index (χ0n) is 13.3. The Labute approximate surface area is 134 Å². The van der Waals surface area contributed by atoms with Gasteiger partial charge in [-0.15, -0.1) is 0 Å². The molecule has 2 N–H and O–H groups in total. The van der Waals surface area contributed by atoms with Gasteiger partial charge in [-0.05, 0) is 31.7 Å². The van der Waals surface area contributed by atoms with Crippen molar-refractivity contribution in [3.8, 4) is 5.75 Å². The van der Waals surface area contributed by atoms with Crippen LogP contribution in [-0.4, -0.2) is 28.1 Å². The molecular weight excluding hydrogens is 300 g/mol. The van der Waals surface area contributed by atoms with Crippen LogP contribution in [0, 0.1) is 16.0 Å². The number of carbonyl (C=O) groups excluding carboxylic acids is 1. The fraction of sp³-hybridized carbons (Fsp3) is 0.562. The van der Waals surface area contributed by atoms with Crippen LogP contribution in [0.15, 0.2) is 18.2 Å². The average Bonchev–Trinajstić information content (AvgIpc) is 2.49.